The number of allylic oxidation sites excluding steroid dienone is 1. The molecular formula is C26H42N2O. The minimum absolute atomic E-state index is 0.0144. The van der Waals surface area contributed by atoms with Crippen molar-refractivity contribution in [3.8, 4) is 0 Å². The summed E-state index contributed by atoms with van der Waals surface area (Å²) in [5.41, 5.74) is 4.58. The van der Waals surface area contributed by atoms with Gasteiger partial charge in [0.05, 0.1) is 5.71 Å². The highest BCUT2D eigenvalue weighted by atomic mass is 16.2. The van der Waals surface area contributed by atoms with Gasteiger partial charge in [0.25, 0.3) is 0 Å². The van der Waals surface area contributed by atoms with Gasteiger partial charge < -0.3 is 0 Å². The lowest BCUT2D eigenvalue weighted by atomic mass is 10.0. The van der Waals surface area contributed by atoms with E-state index in [9.17, 15) is 4.79 Å². The first-order valence-corrected chi connectivity index (χ1v) is 11.8. The first-order valence-electron chi connectivity index (χ1n) is 11.8. The molecule has 1 N–H and O–H groups in total. The number of hydrazone groups is 1. The van der Waals surface area contributed by atoms with Crippen LogP contribution in [0.2, 0.25) is 0 Å². The largest absolute Gasteiger partial charge is 0.273 e. The second-order valence-corrected chi connectivity index (χ2v) is 8.02. The highest BCUT2D eigenvalue weighted by Crippen LogP contribution is 2.12. The predicted molar refractivity (Wildman–Crippen MR) is 127 cm³/mol. The Morgan fingerprint density at radius 2 is 1.34 bits per heavy atom. The van der Waals surface area contributed by atoms with Crippen molar-refractivity contribution in [2.24, 2.45) is 5.10 Å². The van der Waals surface area contributed by atoms with E-state index >= 15 is 0 Å². The van der Waals surface area contributed by atoms with E-state index in [-0.39, 0.29) is 5.91 Å². The SMILES string of the molecule is CCCCCCCCCCCCCCCC(=O)N/N=C(C)\C=C\c1ccccc1. The second kappa shape index (κ2) is 18.1. The Balaban J connectivity index is 1.94. The molecule has 0 radical (unpaired) electrons. The summed E-state index contributed by atoms with van der Waals surface area (Å²) >= 11 is 0. The fourth-order valence-corrected chi connectivity index (χ4v) is 3.33. The summed E-state index contributed by atoms with van der Waals surface area (Å²) < 4.78 is 0. The maximum Gasteiger partial charge on any atom is 0.240 e. The van der Waals surface area contributed by atoms with E-state index in [0.29, 0.717) is 6.42 Å². The molecule has 0 aromatic heterocycles. The van der Waals surface area contributed by atoms with Crippen LogP contribution in [-0.2, 0) is 4.79 Å². The smallest absolute Gasteiger partial charge is 0.240 e. The highest BCUT2D eigenvalue weighted by Gasteiger charge is 2.00. The lowest BCUT2D eigenvalue weighted by molar-refractivity contribution is -0.121. The van der Waals surface area contributed by atoms with Gasteiger partial charge in [0, 0.05) is 6.42 Å². The highest BCUT2D eigenvalue weighted by molar-refractivity contribution is 5.96. The first-order chi connectivity index (χ1) is 14.2. The molecule has 1 amide bonds. The molecule has 1 aromatic rings. The number of unbranched alkanes of at least 4 members (excludes halogenated alkanes) is 12. The Labute approximate surface area is 179 Å². The molecule has 29 heavy (non-hydrogen) atoms. The van der Waals surface area contributed by atoms with Gasteiger partial charge >= 0.3 is 0 Å². The zero-order chi connectivity index (χ0) is 21.0. The van der Waals surface area contributed by atoms with Gasteiger partial charge in [0.15, 0.2) is 0 Å². The van der Waals surface area contributed by atoms with Crippen molar-refractivity contribution in [1.29, 1.82) is 0 Å². The molecule has 0 spiro atoms. The number of benzene rings is 1. The third kappa shape index (κ3) is 15.7. The fourth-order valence-electron chi connectivity index (χ4n) is 3.33. The Bertz CT molecular complexity index is 578. The third-order valence-corrected chi connectivity index (χ3v) is 5.18. The van der Waals surface area contributed by atoms with Crippen molar-refractivity contribution in [2.45, 2.75) is 104 Å². The molecule has 0 saturated carbocycles. The summed E-state index contributed by atoms with van der Waals surface area (Å²) in [6.45, 7) is 4.16. The van der Waals surface area contributed by atoms with Gasteiger partial charge in [-0.25, -0.2) is 5.43 Å². The summed E-state index contributed by atoms with van der Waals surface area (Å²) in [7, 11) is 0. The molecule has 0 saturated heterocycles. The van der Waals surface area contributed by atoms with Gasteiger partial charge in [0.1, 0.15) is 0 Å². The lowest BCUT2D eigenvalue weighted by Gasteiger charge is -2.03. The van der Waals surface area contributed by atoms with Crippen molar-refractivity contribution in [3.63, 3.8) is 0 Å². The van der Waals surface area contributed by atoms with Crippen LogP contribution in [0.3, 0.4) is 0 Å². The topological polar surface area (TPSA) is 41.5 Å². The van der Waals surface area contributed by atoms with Gasteiger partial charge in [0.2, 0.25) is 5.91 Å². The van der Waals surface area contributed by atoms with E-state index in [2.05, 4.69) is 17.5 Å². The third-order valence-electron chi connectivity index (χ3n) is 5.18. The van der Waals surface area contributed by atoms with Crippen LogP contribution >= 0.6 is 0 Å². The summed E-state index contributed by atoms with van der Waals surface area (Å²) in [6, 6.07) is 10.1. The molecule has 162 valence electrons. The number of rotatable bonds is 17. The molecule has 3 nitrogen and oxygen atoms in total. The van der Waals surface area contributed by atoms with Crippen LogP contribution < -0.4 is 5.43 Å². The van der Waals surface area contributed by atoms with Gasteiger partial charge in [-0.2, -0.15) is 5.10 Å². The van der Waals surface area contributed by atoms with E-state index in [1.807, 2.05) is 49.4 Å². The van der Waals surface area contributed by atoms with Gasteiger partial charge in [-0.1, -0.05) is 120 Å². The monoisotopic (exact) mass is 398 g/mol. The van der Waals surface area contributed by atoms with Crippen LogP contribution in [0.1, 0.15) is 109 Å². The molecule has 0 bridgehead atoms. The molecule has 0 aliphatic carbocycles. The number of carbonyl (C=O) groups excluding carboxylic acids is 1. The maximum atomic E-state index is 11.9. The lowest BCUT2D eigenvalue weighted by Crippen LogP contribution is -2.18. The van der Waals surface area contributed by atoms with E-state index in [0.717, 1.165) is 24.1 Å². The normalized spacial score (nSPS) is 11.9. The minimum atomic E-state index is 0.0144. The number of amides is 1. The summed E-state index contributed by atoms with van der Waals surface area (Å²) in [6.07, 6.45) is 21.6. The van der Waals surface area contributed by atoms with Gasteiger partial charge in [-0.05, 0) is 25.0 Å². The maximum absolute atomic E-state index is 11.9. The number of nitrogens with zero attached hydrogens (tertiary/aromatic N) is 1. The van der Waals surface area contributed by atoms with E-state index in [1.165, 1.54) is 70.6 Å². The van der Waals surface area contributed by atoms with Crippen LogP contribution in [0.5, 0.6) is 0 Å². The molecule has 0 unspecified atom stereocenters. The molecule has 1 rings (SSSR count). The van der Waals surface area contributed by atoms with Crippen molar-refractivity contribution < 1.29 is 4.79 Å². The van der Waals surface area contributed by atoms with Crippen LogP contribution in [0.25, 0.3) is 6.08 Å². The summed E-state index contributed by atoms with van der Waals surface area (Å²) in [5, 5.41) is 4.15. The van der Waals surface area contributed by atoms with E-state index in [4.69, 9.17) is 0 Å². The van der Waals surface area contributed by atoms with Crippen LogP contribution in [0.15, 0.2) is 41.5 Å². The Kier molecular flexibility index (Phi) is 15.7. The molecule has 0 aliphatic rings. The van der Waals surface area contributed by atoms with Gasteiger partial charge in [-0.3, -0.25) is 4.79 Å². The Hall–Kier alpha value is -1.90. The standard InChI is InChI=1S/C26H42N2O/c1-3-4-5-6-7-8-9-10-11-12-13-14-18-21-26(29)28-27-24(2)22-23-25-19-16-15-17-20-25/h15-17,19-20,22-23H,3-14,18,21H2,1-2H3,(H,28,29)/b23-22+,27-24-. The quantitative estimate of drug-likeness (QED) is 0.163. The molecular weight excluding hydrogens is 356 g/mol. The number of nitrogens with one attached hydrogen (secondary N) is 1. The molecule has 0 fully saturated rings. The zero-order valence-electron chi connectivity index (χ0n) is 18.8. The Morgan fingerprint density at radius 3 is 1.90 bits per heavy atom. The molecule has 0 atom stereocenters. The summed E-state index contributed by atoms with van der Waals surface area (Å²) in [4.78, 5) is 11.9. The van der Waals surface area contributed by atoms with Crippen LogP contribution in [-0.4, -0.2) is 11.6 Å². The van der Waals surface area contributed by atoms with Crippen molar-refractivity contribution in [2.75, 3.05) is 0 Å². The average molecular weight is 399 g/mol. The minimum Gasteiger partial charge on any atom is -0.273 e. The molecule has 3 heteroatoms. The number of hydrogen-bond donors (Lipinski definition) is 1. The van der Waals surface area contributed by atoms with Crippen molar-refractivity contribution in [1.82, 2.24) is 5.43 Å². The number of hydrogen-bond acceptors (Lipinski definition) is 2. The zero-order valence-corrected chi connectivity index (χ0v) is 18.8. The molecule has 1 aromatic carbocycles. The van der Waals surface area contributed by atoms with E-state index < -0.39 is 0 Å². The van der Waals surface area contributed by atoms with Crippen molar-refractivity contribution >= 4 is 17.7 Å². The van der Waals surface area contributed by atoms with Gasteiger partial charge in [-0.15, -0.1) is 0 Å². The molecule has 0 aliphatic heterocycles. The Morgan fingerprint density at radius 1 is 0.828 bits per heavy atom. The first kappa shape index (κ1) is 25.1. The fraction of sp³-hybridized carbons (Fsp3) is 0.615. The van der Waals surface area contributed by atoms with Crippen LogP contribution in [0, 0.1) is 0 Å². The average Bonchev–Trinajstić information content (AvgIpc) is 2.74. The predicted octanol–water partition coefficient (Wildman–Crippen LogP) is 7.67. The van der Waals surface area contributed by atoms with E-state index in [1.54, 1.807) is 0 Å². The van der Waals surface area contributed by atoms with Crippen molar-refractivity contribution in [3.05, 3.63) is 42.0 Å². The second-order valence-electron chi connectivity index (χ2n) is 8.02. The van der Waals surface area contributed by atoms with Crippen LogP contribution in [0.4, 0.5) is 0 Å². The number of carbonyl (C=O) groups is 1. The molecule has 0 heterocycles. The summed E-state index contributed by atoms with van der Waals surface area (Å²) in [5.74, 6) is 0.0144.